The van der Waals surface area contributed by atoms with Crippen molar-refractivity contribution in [2.45, 2.75) is 13.3 Å². The summed E-state index contributed by atoms with van der Waals surface area (Å²) in [6, 6.07) is 0. The largest absolute Gasteiger partial charge is 0.346 e. The molecule has 0 bridgehead atoms. The molecule has 0 aromatic rings. The maximum absolute atomic E-state index is 4.25. The molecule has 0 N–H and O–H groups in total. The molecule has 64 valence electrons. The second-order valence-electron chi connectivity index (χ2n) is 2.88. The Kier molecular flexibility index (Phi) is 2.74. The lowest BCUT2D eigenvalue weighted by Gasteiger charge is -2.36. The average Bonchev–Trinajstić information content (AvgIpc) is 2.04. The van der Waals surface area contributed by atoms with Crippen molar-refractivity contribution in [1.82, 2.24) is 9.80 Å². The molecular weight excluding hydrogens is 138 g/mol. The van der Waals surface area contributed by atoms with Crippen LogP contribution in [0.2, 0.25) is 0 Å². The van der Waals surface area contributed by atoms with E-state index in [1.165, 1.54) is 6.42 Å². The number of hydrogen-bond acceptors (Lipinski definition) is 1. The van der Waals surface area contributed by atoms with Crippen LogP contribution in [0.5, 0.6) is 0 Å². The summed E-state index contributed by atoms with van der Waals surface area (Å²) in [5.41, 5.74) is 0. The first-order valence-corrected chi connectivity index (χ1v) is 4.22. The topological polar surface area (TPSA) is 18.8 Å². The van der Waals surface area contributed by atoms with Gasteiger partial charge in [0.05, 0.1) is 0 Å². The summed E-state index contributed by atoms with van der Waals surface area (Å²) in [6.07, 6.45) is 1.25. The van der Waals surface area contributed by atoms with Gasteiger partial charge >= 0.3 is 0 Å². The molecule has 0 unspecified atom stereocenters. The van der Waals surface area contributed by atoms with Crippen LogP contribution in [0.1, 0.15) is 13.3 Å². The van der Waals surface area contributed by atoms with Gasteiger partial charge < -0.3 is 9.80 Å². The number of aliphatic imine (C=N–C) groups is 1. The monoisotopic (exact) mass is 155 g/mol. The number of hydrogen-bond donors (Lipinski definition) is 0. The first kappa shape index (κ1) is 8.37. The molecule has 0 saturated carbocycles. The fourth-order valence-electron chi connectivity index (χ4n) is 1.55. The Morgan fingerprint density at radius 3 is 2.64 bits per heavy atom. The molecular formula is C8H17N3. The molecule has 3 heteroatoms. The van der Waals surface area contributed by atoms with E-state index < -0.39 is 0 Å². The molecule has 1 heterocycles. The Labute approximate surface area is 68.7 Å². The van der Waals surface area contributed by atoms with Gasteiger partial charge in [0, 0.05) is 33.7 Å². The van der Waals surface area contributed by atoms with Crippen LogP contribution in [0.3, 0.4) is 0 Å². The molecule has 3 nitrogen and oxygen atoms in total. The highest BCUT2D eigenvalue weighted by Gasteiger charge is 2.17. The standard InChI is InChI=1S/C8H17N3/c1-4-11-7-5-6-10(3)8(11)9-2/h4-7H2,1-3H3/b9-8-. The van der Waals surface area contributed by atoms with Crippen LogP contribution in [0.4, 0.5) is 0 Å². The minimum atomic E-state index is 1.07. The van der Waals surface area contributed by atoms with E-state index in [1.807, 2.05) is 7.05 Å². The summed E-state index contributed by atoms with van der Waals surface area (Å²) in [5, 5.41) is 0. The van der Waals surface area contributed by atoms with Gasteiger partial charge in [0.2, 0.25) is 0 Å². The van der Waals surface area contributed by atoms with Crippen molar-refractivity contribution in [3.8, 4) is 0 Å². The van der Waals surface area contributed by atoms with Crippen LogP contribution < -0.4 is 0 Å². The third kappa shape index (κ3) is 1.64. The first-order chi connectivity index (χ1) is 5.29. The molecule has 0 aliphatic carbocycles. The molecule has 0 radical (unpaired) electrons. The highest BCUT2D eigenvalue weighted by Crippen LogP contribution is 2.05. The second kappa shape index (κ2) is 3.60. The van der Waals surface area contributed by atoms with Gasteiger partial charge in [0.1, 0.15) is 0 Å². The lowest BCUT2D eigenvalue weighted by molar-refractivity contribution is 0.292. The summed E-state index contributed by atoms with van der Waals surface area (Å²) < 4.78 is 0. The van der Waals surface area contributed by atoms with Crippen molar-refractivity contribution >= 4 is 5.96 Å². The van der Waals surface area contributed by atoms with Crippen LogP contribution in [0.25, 0.3) is 0 Å². The van der Waals surface area contributed by atoms with Crippen LogP contribution in [-0.4, -0.2) is 49.5 Å². The fraction of sp³-hybridized carbons (Fsp3) is 0.875. The highest BCUT2D eigenvalue weighted by atomic mass is 15.4. The fourth-order valence-corrected chi connectivity index (χ4v) is 1.55. The molecule has 0 atom stereocenters. The predicted molar refractivity (Wildman–Crippen MR) is 47.9 cm³/mol. The second-order valence-corrected chi connectivity index (χ2v) is 2.88. The lowest BCUT2D eigenvalue weighted by Crippen LogP contribution is -2.48. The molecule has 0 spiro atoms. The molecule has 11 heavy (non-hydrogen) atoms. The number of guanidine groups is 1. The van der Waals surface area contributed by atoms with Gasteiger partial charge in [0.25, 0.3) is 0 Å². The third-order valence-electron chi connectivity index (χ3n) is 2.13. The van der Waals surface area contributed by atoms with Crippen molar-refractivity contribution in [1.29, 1.82) is 0 Å². The van der Waals surface area contributed by atoms with E-state index >= 15 is 0 Å². The Morgan fingerprint density at radius 2 is 2.18 bits per heavy atom. The maximum Gasteiger partial charge on any atom is 0.196 e. The Morgan fingerprint density at radius 1 is 1.45 bits per heavy atom. The Balaban J connectivity index is 2.64. The zero-order valence-corrected chi connectivity index (χ0v) is 7.67. The van der Waals surface area contributed by atoms with E-state index in [4.69, 9.17) is 0 Å². The van der Waals surface area contributed by atoms with Gasteiger partial charge in [-0.3, -0.25) is 4.99 Å². The van der Waals surface area contributed by atoms with E-state index in [9.17, 15) is 0 Å². The van der Waals surface area contributed by atoms with Crippen LogP contribution in [-0.2, 0) is 0 Å². The van der Waals surface area contributed by atoms with E-state index in [0.717, 1.165) is 25.6 Å². The van der Waals surface area contributed by atoms with Crippen molar-refractivity contribution in [2.75, 3.05) is 33.7 Å². The minimum absolute atomic E-state index is 1.07. The van der Waals surface area contributed by atoms with Crippen LogP contribution >= 0.6 is 0 Å². The normalized spacial score (nSPS) is 23.0. The molecule has 0 amide bonds. The quantitative estimate of drug-likeness (QED) is 0.553. The summed E-state index contributed by atoms with van der Waals surface area (Å²) in [4.78, 5) is 8.77. The maximum atomic E-state index is 4.25. The number of rotatable bonds is 1. The SMILES string of the molecule is CCN1CCCN(C)/C1=N/C. The van der Waals surface area contributed by atoms with E-state index in [-0.39, 0.29) is 0 Å². The van der Waals surface area contributed by atoms with Crippen molar-refractivity contribution in [3.63, 3.8) is 0 Å². The summed E-state index contributed by atoms with van der Waals surface area (Å²) in [6.45, 7) is 5.54. The minimum Gasteiger partial charge on any atom is -0.346 e. The molecule has 0 aromatic heterocycles. The van der Waals surface area contributed by atoms with Gasteiger partial charge in [-0.25, -0.2) is 0 Å². The van der Waals surface area contributed by atoms with Crippen molar-refractivity contribution < 1.29 is 0 Å². The highest BCUT2D eigenvalue weighted by molar-refractivity contribution is 5.80. The molecule has 1 rings (SSSR count). The molecule has 1 fully saturated rings. The van der Waals surface area contributed by atoms with Crippen molar-refractivity contribution in [3.05, 3.63) is 0 Å². The summed E-state index contributed by atoms with van der Waals surface area (Å²) in [5.74, 6) is 1.14. The zero-order valence-electron chi connectivity index (χ0n) is 7.67. The smallest absolute Gasteiger partial charge is 0.196 e. The molecule has 1 aliphatic heterocycles. The van der Waals surface area contributed by atoms with Crippen LogP contribution in [0.15, 0.2) is 4.99 Å². The van der Waals surface area contributed by atoms with Crippen molar-refractivity contribution in [2.24, 2.45) is 4.99 Å². The molecule has 1 aliphatic rings. The Bertz CT molecular complexity index is 153. The zero-order chi connectivity index (χ0) is 8.27. The van der Waals surface area contributed by atoms with Crippen LogP contribution in [0, 0.1) is 0 Å². The predicted octanol–water partition coefficient (Wildman–Crippen LogP) is 0.630. The molecule has 1 saturated heterocycles. The Hall–Kier alpha value is -0.730. The summed E-state index contributed by atoms with van der Waals surface area (Å²) in [7, 11) is 3.96. The average molecular weight is 155 g/mol. The summed E-state index contributed by atoms with van der Waals surface area (Å²) >= 11 is 0. The lowest BCUT2D eigenvalue weighted by atomic mass is 10.3. The van der Waals surface area contributed by atoms with Gasteiger partial charge in [-0.1, -0.05) is 0 Å². The van der Waals surface area contributed by atoms with Gasteiger partial charge in [-0.05, 0) is 13.3 Å². The third-order valence-corrected chi connectivity index (χ3v) is 2.13. The van der Waals surface area contributed by atoms with E-state index in [0.29, 0.717) is 0 Å². The first-order valence-electron chi connectivity index (χ1n) is 4.22. The van der Waals surface area contributed by atoms with Gasteiger partial charge in [-0.15, -0.1) is 0 Å². The van der Waals surface area contributed by atoms with Gasteiger partial charge in [-0.2, -0.15) is 0 Å². The molecule has 0 aromatic carbocycles. The number of nitrogens with zero attached hydrogens (tertiary/aromatic N) is 3. The van der Waals surface area contributed by atoms with Gasteiger partial charge in [0.15, 0.2) is 5.96 Å². The van der Waals surface area contributed by atoms with E-state index in [1.54, 1.807) is 0 Å². The van der Waals surface area contributed by atoms with E-state index in [2.05, 4.69) is 28.8 Å².